The summed E-state index contributed by atoms with van der Waals surface area (Å²) in [6.45, 7) is 9.15. The molecule has 0 aromatic heterocycles. The van der Waals surface area contributed by atoms with Crippen LogP contribution in [0.4, 0.5) is 5.69 Å². The minimum Gasteiger partial charge on any atom is -0.508 e. The van der Waals surface area contributed by atoms with Gasteiger partial charge in [0.2, 0.25) is 5.91 Å². The van der Waals surface area contributed by atoms with Crippen molar-refractivity contribution in [2.45, 2.75) is 134 Å². The molecule has 6 N–H and O–H groups in total. The molecule has 0 radical (unpaired) electrons. The van der Waals surface area contributed by atoms with Crippen molar-refractivity contribution in [3.05, 3.63) is 47.6 Å². The van der Waals surface area contributed by atoms with E-state index < -0.39 is 40.2 Å². The van der Waals surface area contributed by atoms with Crippen molar-refractivity contribution in [1.82, 2.24) is 0 Å². The highest BCUT2D eigenvalue weighted by Crippen LogP contribution is 2.73. The lowest BCUT2D eigenvalue weighted by Crippen LogP contribution is -2.66. The van der Waals surface area contributed by atoms with Crippen LogP contribution in [0.25, 0.3) is 0 Å². The first-order valence-electron chi connectivity index (χ1n) is 20.7. The average molecular weight is 748 g/mol. The summed E-state index contributed by atoms with van der Waals surface area (Å²) < 4.78 is 6.40. The van der Waals surface area contributed by atoms with Crippen molar-refractivity contribution >= 4 is 17.4 Å². The van der Waals surface area contributed by atoms with Gasteiger partial charge in [-0.05, 0) is 129 Å². The Morgan fingerprint density at radius 1 is 1.02 bits per heavy atom. The Labute approximate surface area is 319 Å². The number of rotatable bonds is 10. The number of phenolic OH excluding ortho intramolecular Hbond substituents is 1. The summed E-state index contributed by atoms with van der Waals surface area (Å²) in [5.74, 6) is -0.777. The molecule has 10 heteroatoms. The number of aromatic hydroxyl groups is 1. The van der Waals surface area contributed by atoms with Crippen LogP contribution in [0, 0.1) is 52.3 Å². The molecule has 296 valence electrons. The van der Waals surface area contributed by atoms with Crippen LogP contribution in [-0.4, -0.2) is 91.1 Å². The minimum atomic E-state index is -1.43. The molecule has 14 atom stereocenters. The molecule has 8 rings (SSSR count). The van der Waals surface area contributed by atoms with E-state index in [-0.39, 0.29) is 78.7 Å². The summed E-state index contributed by atoms with van der Waals surface area (Å²) in [6.07, 6.45) is 8.81. The van der Waals surface area contributed by atoms with Gasteiger partial charge in [0.25, 0.3) is 0 Å². The number of hydrogen-bond acceptors (Lipinski definition) is 9. The predicted octanol–water partition coefficient (Wildman–Crippen LogP) is 4.61. The van der Waals surface area contributed by atoms with Crippen LogP contribution in [-0.2, 0) is 20.7 Å². The molecule has 1 amide bonds. The number of allylic oxidation sites excluding steroid dienone is 2. The first-order chi connectivity index (χ1) is 25.6. The topological polar surface area (TPSA) is 171 Å². The number of fused-ring (bicyclic) bond motifs is 4. The van der Waals surface area contributed by atoms with Gasteiger partial charge >= 0.3 is 0 Å². The second-order valence-electron chi connectivity index (χ2n) is 19.0. The molecular weight excluding hydrogens is 686 g/mol. The number of amides is 1. The molecule has 1 aromatic rings. The van der Waals surface area contributed by atoms with Gasteiger partial charge in [0, 0.05) is 48.1 Å². The maximum atomic E-state index is 14.1. The van der Waals surface area contributed by atoms with Gasteiger partial charge in [-0.1, -0.05) is 39.8 Å². The maximum absolute atomic E-state index is 14.1. The largest absolute Gasteiger partial charge is 0.508 e. The molecule has 3 saturated carbocycles. The monoisotopic (exact) mass is 747 g/mol. The molecule has 2 heterocycles. The number of hydrogen-bond donors (Lipinski definition) is 6. The quantitative estimate of drug-likeness (QED) is 0.148. The van der Waals surface area contributed by atoms with Crippen molar-refractivity contribution in [3.63, 3.8) is 0 Å². The van der Waals surface area contributed by atoms with Crippen LogP contribution in [0.2, 0.25) is 0 Å². The van der Waals surface area contributed by atoms with Crippen molar-refractivity contribution in [1.29, 1.82) is 0 Å². The summed E-state index contributed by atoms with van der Waals surface area (Å²) in [5, 5.41) is 68.6. The number of nitrogens with zero attached hydrogens (tertiary/aromatic N) is 1. The SMILES string of the molecule is CC(C)[C@@H](C)[C@H]1O[C@H]1[C@]1(O)CC=C[C@H]2C[C@@H]3C(=CC(=O)[C@H]4C[C@@H](O)[C@@H](O)C[C@@]43C)[C@@]3(O)CC[C@H]1[C@@]23CCc1cc(O)cc(N2CC[C@H](CCCO)C2=O)c1. The van der Waals surface area contributed by atoms with E-state index in [0.717, 1.165) is 5.56 Å². The van der Waals surface area contributed by atoms with Gasteiger partial charge in [0.15, 0.2) is 5.78 Å². The zero-order valence-corrected chi connectivity index (χ0v) is 32.4. The maximum Gasteiger partial charge on any atom is 0.230 e. The molecule has 1 aromatic carbocycles. The summed E-state index contributed by atoms with van der Waals surface area (Å²) in [4.78, 5) is 29.2. The number of carbonyl (C=O) groups excluding carboxylic acids is 2. The summed E-state index contributed by atoms with van der Waals surface area (Å²) >= 11 is 0. The average Bonchev–Trinajstić information content (AvgIpc) is 3.78. The predicted molar refractivity (Wildman–Crippen MR) is 202 cm³/mol. The molecule has 10 nitrogen and oxygen atoms in total. The van der Waals surface area contributed by atoms with Crippen LogP contribution >= 0.6 is 0 Å². The fraction of sp³-hybridized carbons (Fsp3) is 0.727. The number of anilines is 1. The third kappa shape index (κ3) is 5.63. The molecule has 5 fully saturated rings. The van der Waals surface area contributed by atoms with E-state index in [1.807, 2.05) is 6.07 Å². The third-order valence-electron chi connectivity index (χ3n) is 16.1. The van der Waals surface area contributed by atoms with Gasteiger partial charge in [-0.2, -0.15) is 0 Å². The fourth-order valence-electron chi connectivity index (χ4n) is 12.9. The number of carbonyl (C=O) groups is 2. The smallest absolute Gasteiger partial charge is 0.230 e. The Kier molecular flexibility index (Phi) is 9.58. The van der Waals surface area contributed by atoms with E-state index in [9.17, 15) is 40.2 Å². The van der Waals surface area contributed by atoms with Gasteiger partial charge < -0.3 is 40.3 Å². The van der Waals surface area contributed by atoms with E-state index in [1.54, 1.807) is 23.1 Å². The Bertz CT molecular complexity index is 1720. The Morgan fingerprint density at radius 3 is 2.54 bits per heavy atom. The number of aliphatic hydroxyl groups excluding tert-OH is 3. The van der Waals surface area contributed by atoms with E-state index in [1.165, 1.54) is 0 Å². The minimum absolute atomic E-state index is 0.000953. The Morgan fingerprint density at radius 2 is 1.80 bits per heavy atom. The zero-order valence-electron chi connectivity index (χ0n) is 32.4. The van der Waals surface area contributed by atoms with Crippen LogP contribution < -0.4 is 4.90 Å². The standard InChI is InChI=1S/C44H61NO9/c1-24(2)25(3)38-39(54-38)43(52)12-5-8-28-19-31-32(21-34(48)33-22-35(49)36(50)23-41(31,33)4)44(53)14-10-37(43)42(28,44)13-9-26-17-29(20-30(47)18-26)45-15-11-27(40(45)51)7-6-16-46/h5,8,17-18,20-21,24-25,27-28,31,33,35-39,46-47,49-50,52-53H,6-7,9-16,19,22-23H2,1-4H3/t25-,27+,28+,31-,33-,35-,36+,37+,38-,39-,41-,42-,43+,44+/m1/s1. The normalized spacial score (nSPS) is 44.4. The highest BCUT2D eigenvalue weighted by molar-refractivity contribution is 5.97. The molecule has 0 spiro atoms. The van der Waals surface area contributed by atoms with Crippen LogP contribution in [0.1, 0.15) is 97.5 Å². The highest BCUT2D eigenvalue weighted by atomic mass is 16.6. The highest BCUT2D eigenvalue weighted by Gasteiger charge is 2.75. The van der Waals surface area contributed by atoms with Crippen molar-refractivity contribution in [2.24, 2.45) is 52.3 Å². The van der Waals surface area contributed by atoms with E-state index in [0.29, 0.717) is 81.5 Å². The molecule has 54 heavy (non-hydrogen) atoms. The van der Waals surface area contributed by atoms with Crippen molar-refractivity contribution in [2.75, 3.05) is 18.1 Å². The number of ketones is 1. The number of aliphatic hydroxyl groups is 5. The second kappa shape index (κ2) is 13.5. The number of epoxide rings is 1. The number of ether oxygens (including phenoxy) is 1. The number of aryl methyl sites for hydroxylation is 1. The zero-order chi connectivity index (χ0) is 38.5. The first kappa shape index (κ1) is 38.3. The molecule has 2 saturated heterocycles. The Balaban J connectivity index is 1.19. The number of phenols is 1. The lowest BCUT2D eigenvalue weighted by Gasteiger charge is -2.63. The van der Waals surface area contributed by atoms with Crippen molar-refractivity contribution in [3.8, 4) is 5.75 Å². The summed E-state index contributed by atoms with van der Waals surface area (Å²) in [5.41, 5.74) is -2.04. The van der Waals surface area contributed by atoms with Gasteiger partial charge in [-0.3, -0.25) is 9.59 Å². The fourth-order valence-corrected chi connectivity index (χ4v) is 12.9. The Hall–Kier alpha value is -2.60. The van der Waals surface area contributed by atoms with Crippen LogP contribution in [0.15, 0.2) is 42.0 Å². The van der Waals surface area contributed by atoms with Crippen LogP contribution in [0.3, 0.4) is 0 Å². The first-order valence-corrected chi connectivity index (χ1v) is 20.7. The van der Waals surface area contributed by atoms with Gasteiger partial charge in [0.05, 0.1) is 23.9 Å². The summed E-state index contributed by atoms with van der Waals surface area (Å²) in [6, 6.07) is 5.31. The van der Waals surface area contributed by atoms with E-state index in [4.69, 9.17) is 4.74 Å². The lowest BCUT2D eigenvalue weighted by atomic mass is 9.42. The third-order valence-corrected chi connectivity index (χ3v) is 16.1. The van der Waals surface area contributed by atoms with E-state index in [2.05, 4.69) is 39.8 Å². The molecule has 0 unspecified atom stereocenters. The van der Waals surface area contributed by atoms with Crippen molar-refractivity contribution < 1.29 is 45.0 Å². The van der Waals surface area contributed by atoms with E-state index >= 15 is 0 Å². The molecule has 0 bridgehead atoms. The van der Waals surface area contributed by atoms with Gasteiger partial charge in [-0.15, -0.1) is 0 Å². The molecule has 7 aliphatic rings. The molecular formula is C44H61NO9. The lowest BCUT2D eigenvalue weighted by molar-refractivity contribution is -0.182. The van der Waals surface area contributed by atoms with Gasteiger partial charge in [0.1, 0.15) is 17.5 Å². The second-order valence-corrected chi connectivity index (χ2v) is 19.0. The molecule has 5 aliphatic carbocycles. The van der Waals surface area contributed by atoms with Gasteiger partial charge in [-0.25, -0.2) is 0 Å². The number of benzene rings is 1. The summed E-state index contributed by atoms with van der Waals surface area (Å²) in [7, 11) is 0. The van der Waals surface area contributed by atoms with Crippen LogP contribution in [0.5, 0.6) is 5.75 Å². The molecule has 2 aliphatic heterocycles.